The number of halogens is 2. The third-order valence-electron chi connectivity index (χ3n) is 4.28. The highest BCUT2D eigenvalue weighted by molar-refractivity contribution is 5.81. The van der Waals surface area contributed by atoms with E-state index in [1.165, 1.54) is 20.3 Å². The van der Waals surface area contributed by atoms with Crippen LogP contribution in [0, 0.1) is 11.6 Å². The Labute approximate surface area is 154 Å². The molecule has 0 saturated heterocycles. The van der Waals surface area contributed by atoms with Crippen LogP contribution in [0.1, 0.15) is 24.4 Å². The van der Waals surface area contributed by atoms with E-state index >= 15 is 0 Å². The molecule has 1 heterocycles. The second kappa shape index (κ2) is 7.71. The molecule has 1 aromatic heterocycles. The van der Waals surface area contributed by atoms with E-state index in [1.807, 2.05) is 0 Å². The van der Waals surface area contributed by atoms with Crippen LogP contribution in [0.2, 0.25) is 0 Å². The zero-order valence-corrected chi connectivity index (χ0v) is 15.1. The summed E-state index contributed by atoms with van der Waals surface area (Å²) in [7, 11) is 2.99. The number of fused-ring (bicyclic) bond motifs is 1. The van der Waals surface area contributed by atoms with E-state index in [2.05, 4.69) is 15.3 Å². The number of ether oxygens (including phenoxy) is 2. The first-order valence-electron chi connectivity index (χ1n) is 8.26. The smallest absolute Gasteiger partial charge is 0.258 e. The molecule has 2 N–H and O–H groups in total. The van der Waals surface area contributed by atoms with Gasteiger partial charge in [0.2, 0.25) is 0 Å². The second-order valence-electron chi connectivity index (χ2n) is 6.01. The van der Waals surface area contributed by atoms with Crippen LogP contribution in [-0.2, 0) is 6.54 Å². The van der Waals surface area contributed by atoms with Gasteiger partial charge in [0.15, 0.2) is 23.1 Å². The van der Waals surface area contributed by atoms with Crippen molar-refractivity contribution in [1.29, 1.82) is 0 Å². The highest BCUT2D eigenvalue weighted by Crippen LogP contribution is 2.29. The number of nitrogens with zero attached hydrogens (tertiary/aromatic N) is 1. The van der Waals surface area contributed by atoms with E-state index in [-0.39, 0.29) is 18.1 Å². The highest BCUT2D eigenvalue weighted by Gasteiger charge is 2.13. The van der Waals surface area contributed by atoms with Gasteiger partial charge in [-0.05, 0) is 30.7 Å². The number of benzene rings is 2. The number of hydrogen-bond acceptors (Lipinski definition) is 5. The lowest BCUT2D eigenvalue weighted by atomic mass is 10.1. The number of hydrogen-bond donors (Lipinski definition) is 2. The average Bonchev–Trinajstić information content (AvgIpc) is 2.67. The molecule has 3 aromatic rings. The van der Waals surface area contributed by atoms with Crippen molar-refractivity contribution in [3.05, 3.63) is 63.7 Å². The van der Waals surface area contributed by atoms with Crippen LogP contribution in [0.4, 0.5) is 8.78 Å². The number of nitrogens with one attached hydrogen (secondary N) is 2. The van der Waals surface area contributed by atoms with Crippen LogP contribution in [0.3, 0.4) is 0 Å². The molecule has 27 heavy (non-hydrogen) atoms. The quantitative estimate of drug-likeness (QED) is 0.693. The Morgan fingerprint density at radius 3 is 2.48 bits per heavy atom. The summed E-state index contributed by atoms with van der Waals surface area (Å²) < 4.78 is 36.9. The zero-order valence-electron chi connectivity index (χ0n) is 15.1. The molecule has 6 nitrogen and oxygen atoms in total. The van der Waals surface area contributed by atoms with Crippen LogP contribution in [0.25, 0.3) is 10.9 Å². The lowest BCUT2D eigenvalue weighted by Gasteiger charge is -2.14. The molecule has 1 atom stereocenters. The van der Waals surface area contributed by atoms with Gasteiger partial charge in [0.25, 0.3) is 5.56 Å². The summed E-state index contributed by atoms with van der Waals surface area (Å²) in [5.41, 5.74) is 0.746. The van der Waals surface area contributed by atoms with E-state index in [1.54, 1.807) is 19.1 Å². The minimum Gasteiger partial charge on any atom is -0.493 e. The summed E-state index contributed by atoms with van der Waals surface area (Å²) in [5, 5.41) is 3.51. The summed E-state index contributed by atoms with van der Waals surface area (Å²) in [6, 6.07) is 6.65. The molecule has 0 aliphatic heterocycles. The molecule has 0 bridgehead atoms. The molecule has 0 amide bonds. The van der Waals surface area contributed by atoms with Crippen LogP contribution in [0.5, 0.6) is 11.5 Å². The topological polar surface area (TPSA) is 76.2 Å². The third-order valence-corrected chi connectivity index (χ3v) is 4.28. The van der Waals surface area contributed by atoms with Crippen LogP contribution < -0.4 is 20.3 Å². The van der Waals surface area contributed by atoms with E-state index in [0.29, 0.717) is 33.8 Å². The number of aromatic nitrogens is 2. The second-order valence-corrected chi connectivity index (χ2v) is 6.01. The highest BCUT2D eigenvalue weighted by atomic mass is 19.2. The van der Waals surface area contributed by atoms with Crippen molar-refractivity contribution in [2.75, 3.05) is 14.2 Å². The predicted octanol–water partition coefficient (Wildman–Crippen LogP) is 3.07. The van der Waals surface area contributed by atoms with Gasteiger partial charge in [-0.15, -0.1) is 0 Å². The van der Waals surface area contributed by atoms with Crippen molar-refractivity contribution >= 4 is 10.9 Å². The van der Waals surface area contributed by atoms with Gasteiger partial charge in [-0.1, -0.05) is 6.07 Å². The molecule has 8 heteroatoms. The maximum atomic E-state index is 13.4. The van der Waals surface area contributed by atoms with Gasteiger partial charge in [0, 0.05) is 12.1 Å². The third kappa shape index (κ3) is 3.90. The van der Waals surface area contributed by atoms with Crippen molar-refractivity contribution in [1.82, 2.24) is 15.3 Å². The molecule has 0 saturated carbocycles. The minimum absolute atomic E-state index is 0.236. The van der Waals surface area contributed by atoms with Crippen LogP contribution in [0.15, 0.2) is 35.1 Å². The first-order valence-corrected chi connectivity index (χ1v) is 8.26. The van der Waals surface area contributed by atoms with Crippen molar-refractivity contribution in [3.63, 3.8) is 0 Å². The number of aromatic amines is 1. The van der Waals surface area contributed by atoms with Gasteiger partial charge in [0.05, 0.1) is 31.7 Å². The number of methoxy groups -OCH3 is 2. The molecule has 142 valence electrons. The molecule has 0 fully saturated rings. The largest absolute Gasteiger partial charge is 0.493 e. The van der Waals surface area contributed by atoms with Crippen molar-refractivity contribution in [3.8, 4) is 11.5 Å². The van der Waals surface area contributed by atoms with Crippen molar-refractivity contribution in [2.45, 2.75) is 19.5 Å². The molecule has 2 aromatic carbocycles. The fraction of sp³-hybridized carbons (Fsp3) is 0.263. The normalized spacial score (nSPS) is 12.2. The Bertz CT molecular complexity index is 1040. The molecular weight excluding hydrogens is 356 g/mol. The number of rotatable bonds is 6. The van der Waals surface area contributed by atoms with E-state index in [9.17, 15) is 13.6 Å². The molecular formula is C19H19F2N3O3. The van der Waals surface area contributed by atoms with E-state index in [4.69, 9.17) is 9.47 Å². The average molecular weight is 375 g/mol. The van der Waals surface area contributed by atoms with Gasteiger partial charge < -0.3 is 19.8 Å². The SMILES string of the molecule is COc1cc2nc(CN[C@@H](C)c3ccc(F)c(F)c3)[nH]c(=O)c2cc1OC. The first-order chi connectivity index (χ1) is 12.9. The maximum absolute atomic E-state index is 13.4. The Balaban J connectivity index is 1.84. The van der Waals surface area contributed by atoms with E-state index < -0.39 is 11.6 Å². The van der Waals surface area contributed by atoms with E-state index in [0.717, 1.165) is 12.1 Å². The maximum Gasteiger partial charge on any atom is 0.258 e. The van der Waals surface area contributed by atoms with Gasteiger partial charge >= 0.3 is 0 Å². The fourth-order valence-corrected chi connectivity index (χ4v) is 2.75. The zero-order chi connectivity index (χ0) is 19.6. The molecule has 3 rings (SSSR count). The molecule has 0 aliphatic rings. The number of H-pyrrole nitrogens is 1. The van der Waals surface area contributed by atoms with Gasteiger partial charge in [-0.25, -0.2) is 13.8 Å². The standard InChI is InChI=1S/C19H19F2N3O3/c1-10(11-4-5-13(20)14(21)6-11)22-9-18-23-15-8-17(27-3)16(26-2)7-12(15)19(25)24-18/h4-8,10,22H,9H2,1-3H3,(H,23,24,25)/t10-/m0/s1. The van der Waals surface area contributed by atoms with Gasteiger partial charge in [-0.3, -0.25) is 4.79 Å². The Morgan fingerprint density at radius 1 is 1.11 bits per heavy atom. The minimum atomic E-state index is -0.903. The Morgan fingerprint density at radius 2 is 1.81 bits per heavy atom. The molecule has 0 aliphatic carbocycles. The van der Waals surface area contributed by atoms with Crippen LogP contribution >= 0.6 is 0 Å². The van der Waals surface area contributed by atoms with Crippen molar-refractivity contribution in [2.24, 2.45) is 0 Å². The van der Waals surface area contributed by atoms with Crippen LogP contribution in [-0.4, -0.2) is 24.2 Å². The molecule has 0 spiro atoms. The summed E-state index contributed by atoms with van der Waals surface area (Å²) in [6.45, 7) is 2.04. The summed E-state index contributed by atoms with van der Waals surface area (Å²) in [5.74, 6) is -0.475. The fourth-order valence-electron chi connectivity index (χ4n) is 2.75. The lowest BCUT2D eigenvalue weighted by molar-refractivity contribution is 0.355. The summed E-state index contributed by atoms with van der Waals surface area (Å²) >= 11 is 0. The molecule has 0 radical (unpaired) electrons. The summed E-state index contributed by atoms with van der Waals surface area (Å²) in [6.07, 6.45) is 0. The lowest BCUT2D eigenvalue weighted by Crippen LogP contribution is -2.22. The van der Waals surface area contributed by atoms with Crippen molar-refractivity contribution < 1.29 is 18.3 Å². The predicted molar refractivity (Wildman–Crippen MR) is 97.1 cm³/mol. The van der Waals surface area contributed by atoms with Gasteiger partial charge in [0.1, 0.15) is 5.82 Å². The van der Waals surface area contributed by atoms with Gasteiger partial charge in [-0.2, -0.15) is 0 Å². The first kappa shape index (κ1) is 18.8. The Hall–Kier alpha value is -3.00. The monoisotopic (exact) mass is 375 g/mol. The summed E-state index contributed by atoms with van der Waals surface area (Å²) in [4.78, 5) is 19.5. The molecule has 0 unspecified atom stereocenters. The Kier molecular flexibility index (Phi) is 5.36.